The molecule has 126 valence electrons. The number of ether oxygens (including phenoxy) is 1. The van der Waals surface area contributed by atoms with Crippen LogP contribution in [-0.4, -0.2) is 24.2 Å². The van der Waals surface area contributed by atoms with Crippen LogP contribution in [0, 0.1) is 6.92 Å². The Morgan fingerprint density at radius 2 is 1.87 bits per heavy atom. The van der Waals surface area contributed by atoms with E-state index in [2.05, 4.69) is 55.2 Å². The molecule has 5 heteroatoms. The maximum atomic E-state index is 5.89. The Hall–Kier alpha value is -1.59. The number of nitrogens with two attached hydrogens (primary N) is 1. The second kappa shape index (κ2) is 7.32. The van der Waals surface area contributed by atoms with Crippen molar-refractivity contribution >= 4 is 13.8 Å². The Morgan fingerprint density at radius 1 is 1.22 bits per heavy atom. The van der Waals surface area contributed by atoms with Crippen LogP contribution >= 0.6 is 0 Å². The van der Waals surface area contributed by atoms with Gasteiger partial charge in [-0.05, 0) is 30.7 Å². The Kier molecular flexibility index (Phi) is 5.65. The molecule has 1 heterocycles. The van der Waals surface area contributed by atoms with E-state index in [1.54, 1.807) is 0 Å². The average Bonchev–Trinajstić information content (AvgIpc) is 2.84. The van der Waals surface area contributed by atoms with E-state index in [9.17, 15) is 0 Å². The van der Waals surface area contributed by atoms with Crippen LogP contribution in [-0.2, 0) is 11.5 Å². The lowest BCUT2D eigenvalue weighted by atomic mass is 9.96. The van der Waals surface area contributed by atoms with Crippen molar-refractivity contribution in [1.82, 2.24) is 9.55 Å². The van der Waals surface area contributed by atoms with Crippen molar-refractivity contribution in [3.05, 3.63) is 47.5 Å². The van der Waals surface area contributed by atoms with Gasteiger partial charge < -0.3 is 15.0 Å². The first-order chi connectivity index (χ1) is 10.8. The van der Waals surface area contributed by atoms with Gasteiger partial charge in [-0.25, -0.2) is 4.98 Å². The molecular weight excluding hydrogens is 302 g/mol. The second-order valence-electron chi connectivity index (χ2n) is 7.42. The zero-order valence-corrected chi connectivity index (χ0v) is 16.0. The van der Waals surface area contributed by atoms with E-state index >= 15 is 0 Å². The van der Waals surface area contributed by atoms with Crippen LogP contribution in [0.4, 0.5) is 5.69 Å². The second-order valence-corrected chi connectivity index (χ2v) is 13.0. The summed E-state index contributed by atoms with van der Waals surface area (Å²) < 4.78 is 8.02. The highest BCUT2D eigenvalue weighted by atomic mass is 28.3. The summed E-state index contributed by atoms with van der Waals surface area (Å²) >= 11 is 0. The first-order valence-electron chi connectivity index (χ1n) is 8.23. The monoisotopic (exact) mass is 331 g/mol. The SMILES string of the molecule is Cc1ncn(COCC[Si](C)(C)C)c1[C@H](C)c1ccc(N)cc1. The molecule has 0 radical (unpaired) electrons. The van der Waals surface area contributed by atoms with Crippen molar-refractivity contribution in [2.75, 3.05) is 12.3 Å². The lowest BCUT2D eigenvalue weighted by Gasteiger charge is -2.18. The topological polar surface area (TPSA) is 53.1 Å². The molecule has 0 saturated carbocycles. The molecule has 0 bridgehead atoms. The Morgan fingerprint density at radius 3 is 2.48 bits per heavy atom. The van der Waals surface area contributed by atoms with Gasteiger partial charge in [0.15, 0.2) is 0 Å². The van der Waals surface area contributed by atoms with E-state index in [4.69, 9.17) is 10.5 Å². The predicted octanol–water partition coefficient (Wildman–Crippen LogP) is 4.24. The number of hydrogen-bond acceptors (Lipinski definition) is 3. The summed E-state index contributed by atoms with van der Waals surface area (Å²) in [5, 5.41) is 0. The van der Waals surface area contributed by atoms with Gasteiger partial charge in [-0.15, -0.1) is 0 Å². The number of nitrogen functional groups attached to an aromatic ring is 1. The summed E-state index contributed by atoms with van der Waals surface area (Å²) in [4.78, 5) is 4.48. The van der Waals surface area contributed by atoms with Crippen molar-refractivity contribution in [2.24, 2.45) is 0 Å². The van der Waals surface area contributed by atoms with Crippen LogP contribution in [0.3, 0.4) is 0 Å². The smallest absolute Gasteiger partial charge is 0.124 e. The predicted molar refractivity (Wildman–Crippen MR) is 99.4 cm³/mol. The lowest BCUT2D eigenvalue weighted by Crippen LogP contribution is -2.22. The van der Waals surface area contributed by atoms with E-state index in [1.807, 2.05) is 18.5 Å². The summed E-state index contributed by atoms with van der Waals surface area (Å²) in [6, 6.07) is 9.26. The maximum Gasteiger partial charge on any atom is 0.124 e. The minimum Gasteiger partial charge on any atom is -0.399 e. The number of rotatable bonds is 7. The molecule has 23 heavy (non-hydrogen) atoms. The quantitative estimate of drug-likeness (QED) is 0.469. The molecule has 0 aliphatic rings. The third-order valence-corrected chi connectivity index (χ3v) is 5.85. The van der Waals surface area contributed by atoms with E-state index in [0.29, 0.717) is 6.73 Å². The minimum absolute atomic E-state index is 0.263. The molecule has 0 amide bonds. The maximum absolute atomic E-state index is 5.89. The standard InChI is InChI=1S/C18H29N3OSi/c1-14(16-6-8-17(19)9-7-16)18-15(2)20-12-21(18)13-22-10-11-23(3,4)5/h6-9,12,14H,10-11,13,19H2,1-5H3/t14-/m1/s1. The van der Waals surface area contributed by atoms with Gasteiger partial charge in [-0.3, -0.25) is 0 Å². The summed E-state index contributed by atoms with van der Waals surface area (Å²) in [6.07, 6.45) is 1.88. The van der Waals surface area contributed by atoms with E-state index in [1.165, 1.54) is 17.3 Å². The number of benzene rings is 1. The number of imidazole rings is 1. The van der Waals surface area contributed by atoms with Crippen molar-refractivity contribution in [3.8, 4) is 0 Å². The van der Waals surface area contributed by atoms with Crippen molar-refractivity contribution < 1.29 is 4.74 Å². The van der Waals surface area contributed by atoms with Gasteiger partial charge in [0.1, 0.15) is 6.73 Å². The summed E-state index contributed by atoms with van der Waals surface area (Å²) in [6.45, 7) is 12.8. The van der Waals surface area contributed by atoms with Gasteiger partial charge in [0.2, 0.25) is 0 Å². The minimum atomic E-state index is -1.05. The van der Waals surface area contributed by atoms with Gasteiger partial charge in [-0.2, -0.15) is 0 Å². The average molecular weight is 332 g/mol. The molecule has 4 nitrogen and oxygen atoms in total. The van der Waals surface area contributed by atoms with Crippen LogP contribution in [0.25, 0.3) is 0 Å². The number of aromatic nitrogens is 2. The van der Waals surface area contributed by atoms with E-state index in [0.717, 1.165) is 18.0 Å². The van der Waals surface area contributed by atoms with Gasteiger partial charge in [0, 0.05) is 32.0 Å². The van der Waals surface area contributed by atoms with Gasteiger partial charge in [0.25, 0.3) is 0 Å². The number of aryl methyl sites for hydroxylation is 1. The third-order valence-electron chi connectivity index (χ3n) is 4.14. The molecule has 1 atom stereocenters. The Labute approximate surface area is 140 Å². The van der Waals surface area contributed by atoms with Crippen LogP contribution in [0.15, 0.2) is 30.6 Å². The van der Waals surface area contributed by atoms with Crippen molar-refractivity contribution in [1.29, 1.82) is 0 Å². The molecule has 0 unspecified atom stereocenters. The molecule has 2 rings (SSSR count). The Bertz CT molecular complexity index is 629. The zero-order valence-electron chi connectivity index (χ0n) is 15.0. The van der Waals surface area contributed by atoms with Crippen molar-refractivity contribution in [3.63, 3.8) is 0 Å². The number of anilines is 1. The van der Waals surface area contributed by atoms with Crippen LogP contribution in [0.1, 0.15) is 29.8 Å². The number of nitrogens with zero attached hydrogens (tertiary/aromatic N) is 2. The third kappa shape index (κ3) is 4.94. The molecule has 2 aromatic rings. The van der Waals surface area contributed by atoms with Gasteiger partial charge in [-0.1, -0.05) is 38.7 Å². The number of hydrogen-bond donors (Lipinski definition) is 1. The molecule has 1 aromatic carbocycles. The molecule has 0 spiro atoms. The molecule has 0 saturated heterocycles. The molecule has 0 aliphatic carbocycles. The van der Waals surface area contributed by atoms with Crippen LogP contribution < -0.4 is 5.73 Å². The zero-order chi connectivity index (χ0) is 17.0. The fourth-order valence-corrected chi connectivity index (χ4v) is 3.40. The highest BCUT2D eigenvalue weighted by Gasteiger charge is 2.17. The molecule has 0 fully saturated rings. The first-order valence-corrected chi connectivity index (χ1v) is 11.9. The fourth-order valence-electron chi connectivity index (χ4n) is 2.64. The highest BCUT2D eigenvalue weighted by molar-refractivity contribution is 6.76. The lowest BCUT2D eigenvalue weighted by molar-refractivity contribution is 0.0849. The molecular formula is C18H29N3OSi. The normalized spacial score (nSPS) is 13.3. The van der Waals surface area contributed by atoms with E-state index < -0.39 is 8.07 Å². The van der Waals surface area contributed by atoms with Crippen LogP contribution in [0.5, 0.6) is 0 Å². The first kappa shape index (κ1) is 17.8. The van der Waals surface area contributed by atoms with E-state index in [-0.39, 0.29) is 5.92 Å². The summed E-state index contributed by atoms with van der Waals surface area (Å²) in [5.74, 6) is 0.263. The van der Waals surface area contributed by atoms with Gasteiger partial charge in [0.05, 0.1) is 12.0 Å². The summed E-state index contributed by atoms with van der Waals surface area (Å²) in [7, 11) is -1.05. The largest absolute Gasteiger partial charge is 0.399 e. The molecule has 0 aliphatic heterocycles. The fraction of sp³-hybridized carbons (Fsp3) is 0.500. The highest BCUT2D eigenvalue weighted by Crippen LogP contribution is 2.27. The van der Waals surface area contributed by atoms with Crippen LogP contribution in [0.2, 0.25) is 25.7 Å². The van der Waals surface area contributed by atoms with Crippen molar-refractivity contribution in [2.45, 2.75) is 52.2 Å². The summed E-state index contributed by atoms with van der Waals surface area (Å²) in [5.41, 5.74) is 10.1. The molecule has 1 aromatic heterocycles. The molecule has 2 N–H and O–H groups in total. The van der Waals surface area contributed by atoms with Gasteiger partial charge >= 0.3 is 0 Å². The Balaban J connectivity index is 2.07.